The van der Waals surface area contributed by atoms with Gasteiger partial charge in [0.2, 0.25) is 0 Å². The maximum Gasteiger partial charge on any atom is 0.115 e. The largest absolute Gasteiger partial charge is 0.320 e. The topological polar surface area (TPSA) is 12.0 Å². The number of rotatable bonds is 6. The van der Waals surface area contributed by atoms with E-state index in [9.17, 15) is 4.39 Å². The highest BCUT2D eigenvalue weighted by atomic mass is 19.1. The van der Waals surface area contributed by atoms with Crippen LogP contribution >= 0.6 is 0 Å². The van der Waals surface area contributed by atoms with Gasteiger partial charge in [0.05, 0.1) is 0 Å². The first kappa shape index (κ1) is 12.6. The molecule has 94 valence electrons. The fourth-order valence-corrected chi connectivity index (χ4v) is 2.47. The summed E-state index contributed by atoms with van der Waals surface area (Å²) in [5.41, 5.74) is 1.60. The van der Waals surface area contributed by atoms with Crippen LogP contribution in [0.3, 0.4) is 0 Å². The zero-order chi connectivity index (χ0) is 12.1. The molecule has 1 aromatic rings. The quantitative estimate of drug-likeness (QED) is 0.746. The van der Waals surface area contributed by atoms with Crippen LogP contribution in [0.2, 0.25) is 0 Å². The zero-order valence-electron chi connectivity index (χ0n) is 10.6. The van der Waals surface area contributed by atoms with Crippen molar-refractivity contribution in [2.24, 2.45) is 0 Å². The molecule has 1 fully saturated rings. The minimum absolute atomic E-state index is 0.604. The molecule has 0 amide bonds. The number of alkyl halides is 1. The highest BCUT2D eigenvalue weighted by Crippen LogP contribution is 2.38. The van der Waals surface area contributed by atoms with Crippen LogP contribution in [0, 0.1) is 0 Å². The van der Waals surface area contributed by atoms with Crippen molar-refractivity contribution in [1.82, 2.24) is 5.32 Å². The Bertz CT molecular complexity index is 358. The summed E-state index contributed by atoms with van der Waals surface area (Å²) in [5, 5.41) is 3.15. The van der Waals surface area contributed by atoms with Crippen LogP contribution in [0.5, 0.6) is 0 Å². The predicted molar refractivity (Wildman–Crippen MR) is 70.1 cm³/mol. The van der Waals surface area contributed by atoms with Crippen LogP contribution in [0.15, 0.2) is 24.3 Å². The molecule has 0 radical (unpaired) electrons. The number of hydrogen-bond acceptors (Lipinski definition) is 1. The number of halogens is 1. The summed E-state index contributed by atoms with van der Waals surface area (Å²) in [7, 11) is 1.97. The summed E-state index contributed by atoms with van der Waals surface area (Å²) in [6.07, 6.45) is 5.37. The fraction of sp³-hybridized carbons (Fsp3) is 0.600. The molecule has 17 heavy (non-hydrogen) atoms. The summed E-state index contributed by atoms with van der Waals surface area (Å²) < 4.78 is 14.0. The Hall–Kier alpha value is -0.890. The Balaban J connectivity index is 1.91. The van der Waals surface area contributed by atoms with E-state index in [2.05, 4.69) is 29.6 Å². The first-order chi connectivity index (χ1) is 8.22. The number of hydrogen-bond donors (Lipinski definition) is 1. The molecule has 0 atom stereocenters. The van der Waals surface area contributed by atoms with Crippen LogP contribution < -0.4 is 5.32 Å². The Kier molecular flexibility index (Phi) is 4.16. The van der Waals surface area contributed by atoms with Crippen molar-refractivity contribution in [2.45, 2.75) is 44.2 Å². The van der Waals surface area contributed by atoms with Gasteiger partial charge in [-0.1, -0.05) is 24.3 Å². The standard InChI is InChI=1S/C15H22FN/c1-17-10-3-7-13-5-2-6-14(11-13)12-15(16)8-4-9-15/h2,5-6,11,17H,3-4,7-10,12H2,1H3. The lowest BCUT2D eigenvalue weighted by Gasteiger charge is -2.34. The van der Waals surface area contributed by atoms with Crippen molar-refractivity contribution in [2.75, 3.05) is 13.6 Å². The lowest BCUT2D eigenvalue weighted by atomic mass is 9.77. The molecule has 0 unspecified atom stereocenters. The fourth-order valence-electron chi connectivity index (χ4n) is 2.47. The molecule has 0 bridgehead atoms. The van der Waals surface area contributed by atoms with Crippen LogP contribution in [0.1, 0.15) is 36.8 Å². The average Bonchev–Trinajstić information content (AvgIpc) is 2.28. The Morgan fingerprint density at radius 3 is 2.71 bits per heavy atom. The third-order valence-corrected chi connectivity index (χ3v) is 3.65. The number of nitrogens with one attached hydrogen (secondary N) is 1. The third-order valence-electron chi connectivity index (χ3n) is 3.65. The SMILES string of the molecule is CNCCCc1cccc(CC2(F)CCC2)c1. The smallest absolute Gasteiger partial charge is 0.115 e. The molecule has 0 spiro atoms. The lowest BCUT2D eigenvalue weighted by Crippen LogP contribution is -2.34. The lowest BCUT2D eigenvalue weighted by molar-refractivity contribution is 0.0641. The van der Waals surface area contributed by atoms with Gasteiger partial charge in [0.25, 0.3) is 0 Å². The van der Waals surface area contributed by atoms with Gasteiger partial charge in [0, 0.05) is 6.42 Å². The third kappa shape index (κ3) is 3.53. The molecule has 0 saturated heterocycles. The predicted octanol–water partition coefficient (Wildman–Crippen LogP) is 3.27. The second-order valence-corrected chi connectivity index (χ2v) is 5.21. The summed E-state index contributed by atoms with van der Waals surface area (Å²) in [6, 6.07) is 8.44. The molecule has 2 rings (SSSR count). The molecule has 1 nitrogen and oxygen atoms in total. The van der Waals surface area contributed by atoms with Gasteiger partial charge >= 0.3 is 0 Å². The minimum Gasteiger partial charge on any atom is -0.320 e. The van der Waals surface area contributed by atoms with Crippen molar-refractivity contribution < 1.29 is 4.39 Å². The zero-order valence-corrected chi connectivity index (χ0v) is 10.6. The van der Waals surface area contributed by atoms with Gasteiger partial charge in [-0.3, -0.25) is 0 Å². The first-order valence-electron chi connectivity index (χ1n) is 6.63. The van der Waals surface area contributed by atoms with E-state index in [0.29, 0.717) is 6.42 Å². The van der Waals surface area contributed by atoms with Crippen LogP contribution in [0.25, 0.3) is 0 Å². The Morgan fingerprint density at radius 1 is 1.29 bits per heavy atom. The molecular formula is C15H22FN. The van der Waals surface area contributed by atoms with Crippen molar-refractivity contribution >= 4 is 0 Å². The molecule has 0 aliphatic heterocycles. The van der Waals surface area contributed by atoms with Crippen LogP contribution in [0.4, 0.5) is 4.39 Å². The molecule has 1 aliphatic rings. The van der Waals surface area contributed by atoms with E-state index >= 15 is 0 Å². The maximum absolute atomic E-state index is 14.0. The van der Waals surface area contributed by atoms with Gasteiger partial charge in [0.15, 0.2) is 0 Å². The number of aryl methyl sites for hydroxylation is 1. The summed E-state index contributed by atoms with van der Waals surface area (Å²) >= 11 is 0. The first-order valence-corrected chi connectivity index (χ1v) is 6.63. The molecular weight excluding hydrogens is 213 g/mol. The van der Waals surface area contributed by atoms with Gasteiger partial charge in [-0.2, -0.15) is 0 Å². The van der Waals surface area contributed by atoms with Crippen molar-refractivity contribution in [3.05, 3.63) is 35.4 Å². The minimum atomic E-state index is -0.899. The highest BCUT2D eigenvalue weighted by Gasteiger charge is 2.36. The van der Waals surface area contributed by atoms with Gasteiger partial charge in [-0.15, -0.1) is 0 Å². The summed E-state index contributed by atoms with van der Waals surface area (Å²) in [6.45, 7) is 1.04. The highest BCUT2D eigenvalue weighted by molar-refractivity contribution is 5.25. The maximum atomic E-state index is 14.0. The second kappa shape index (κ2) is 5.63. The van der Waals surface area contributed by atoms with E-state index in [4.69, 9.17) is 0 Å². The monoisotopic (exact) mass is 235 g/mol. The van der Waals surface area contributed by atoms with E-state index in [-0.39, 0.29) is 0 Å². The second-order valence-electron chi connectivity index (χ2n) is 5.21. The number of benzene rings is 1. The van der Waals surface area contributed by atoms with Crippen molar-refractivity contribution in [1.29, 1.82) is 0 Å². The van der Waals surface area contributed by atoms with E-state index in [0.717, 1.165) is 44.2 Å². The van der Waals surface area contributed by atoms with E-state index in [1.54, 1.807) is 0 Å². The molecule has 1 N–H and O–H groups in total. The molecule has 1 saturated carbocycles. The van der Waals surface area contributed by atoms with Crippen LogP contribution in [-0.2, 0) is 12.8 Å². The Labute approximate surface area is 103 Å². The van der Waals surface area contributed by atoms with E-state index in [1.165, 1.54) is 5.56 Å². The molecule has 2 heteroatoms. The van der Waals surface area contributed by atoms with Crippen molar-refractivity contribution in [3.8, 4) is 0 Å². The van der Waals surface area contributed by atoms with Crippen LogP contribution in [-0.4, -0.2) is 19.3 Å². The van der Waals surface area contributed by atoms with E-state index in [1.807, 2.05) is 7.05 Å². The summed E-state index contributed by atoms with van der Waals surface area (Å²) in [5.74, 6) is 0. The normalized spacial score (nSPS) is 17.8. The molecule has 0 heterocycles. The van der Waals surface area contributed by atoms with Gasteiger partial charge in [0.1, 0.15) is 5.67 Å². The van der Waals surface area contributed by atoms with Gasteiger partial charge < -0.3 is 5.32 Å². The molecule has 0 aromatic heterocycles. The average molecular weight is 235 g/mol. The molecule has 1 aromatic carbocycles. The molecule has 1 aliphatic carbocycles. The Morgan fingerprint density at radius 2 is 2.06 bits per heavy atom. The summed E-state index contributed by atoms with van der Waals surface area (Å²) in [4.78, 5) is 0. The van der Waals surface area contributed by atoms with E-state index < -0.39 is 5.67 Å². The van der Waals surface area contributed by atoms with Gasteiger partial charge in [-0.05, 0) is 56.8 Å². The van der Waals surface area contributed by atoms with Crippen molar-refractivity contribution in [3.63, 3.8) is 0 Å². The van der Waals surface area contributed by atoms with Gasteiger partial charge in [-0.25, -0.2) is 4.39 Å².